The lowest BCUT2D eigenvalue weighted by Crippen LogP contribution is -2.30. The van der Waals surface area contributed by atoms with E-state index in [9.17, 15) is 22.4 Å². The van der Waals surface area contributed by atoms with Gasteiger partial charge in [-0.05, 0) is 143 Å². The Morgan fingerprint density at radius 3 is 1.86 bits per heavy atom. The molecule has 1 heterocycles. The van der Waals surface area contributed by atoms with Crippen molar-refractivity contribution in [3.63, 3.8) is 0 Å². The predicted molar refractivity (Wildman–Crippen MR) is 179 cm³/mol. The summed E-state index contributed by atoms with van der Waals surface area (Å²) in [6.45, 7) is 3.70. The highest BCUT2D eigenvalue weighted by Gasteiger charge is 2.20. The summed E-state index contributed by atoms with van der Waals surface area (Å²) in [5.74, 6) is 0.282. The molecule has 5 aromatic rings. The number of aromatic nitrogens is 2. The van der Waals surface area contributed by atoms with Crippen molar-refractivity contribution in [1.82, 2.24) is 15.6 Å². The third-order valence-corrected chi connectivity index (χ3v) is 7.65. The van der Waals surface area contributed by atoms with Crippen LogP contribution in [0.1, 0.15) is 21.5 Å². The van der Waals surface area contributed by atoms with E-state index in [-0.39, 0.29) is 33.2 Å². The number of hydrogen-bond acceptors (Lipinski definition) is 7. The summed E-state index contributed by atoms with van der Waals surface area (Å²) in [7, 11) is 0. The zero-order valence-electron chi connectivity index (χ0n) is 22.8. The number of nitrogens with zero attached hydrogens (tertiary/aromatic N) is 1. The maximum absolute atomic E-state index is 14.3. The molecule has 1 amide bonds. The van der Waals surface area contributed by atoms with Crippen LogP contribution in [0.2, 0.25) is 0 Å². The van der Waals surface area contributed by atoms with Gasteiger partial charge in [-0.2, -0.15) is 0 Å². The predicted octanol–water partition coefficient (Wildman–Crippen LogP) is 8.56. The van der Waals surface area contributed by atoms with Crippen molar-refractivity contribution in [3.05, 3.63) is 113 Å². The van der Waals surface area contributed by atoms with Crippen LogP contribution in [-0.2, 0) is 0 Å². The Balaban J connectivity index is 0.000000202. The number of aromatic amines is 1. The number of nitrogen functional groups attached to an aromatic ring is 1. The first kappa shape index (κ1) is 33.3. The van der Waals surface area contributed by atoms with E-state index in [4.69, 9.17) is 22.5 Å². The van der Waals surface area contributed by atoms with E-state index in [0.717, 1.165) is 30.4 Å². The highest BCUT2D eigenvalue weighted by Crippen LogP contribution is 2.34. The van der Waals surface area contributed by atoms with E-state index in [0.29, 0.717) is 11.4 Å². The summed E-state index contributed by atoms with van der Waals surface area (Å²) >= 11 is 9.15. The average molecular weight is 848 g/mol. The molecule has 0 aliphatic rings. The minimum absolute atomic E-state index is 0.0560. The van der Waals surface area contributed by atoms with Crippen LogP contribution < -0.4 is 21.9 Å². The number of hydrazine groups is 1. The van der Waals surface area contributed by atoms with Crippen molar-refractivity contribution in [1.29, 1.82) is 0 Å². The second-order valence-corrected chi connectivity index (χ2v) is 12.0. The smallest absolute Gasteiger partial charge is 0.284 e. The van der Waals surface area contributed by atoms with Crippen molar-refractivity contribution < 1.29 is 26.8 Å². The van der Waals surface area contributed by atoms with Crippen molar-refractivity contribution in [2.24, 2.45) is 5.84 Å². The van der Waals surface area contributed by atoms with Crippen LogP contribution in [0.25, 0.3) is 11.5 Å². The largest absolute Gasteiger partial charge is 0.409 e. The molecule has 4 aromatic carbocycles. The second kappa shape index (κ2) is 14.5. The van der Waals surface area contributed by atoms with Crippen LogP contribution >= 0.6 is 57.4 Å². The SMILES string of the molecule is Cc1cc(I)ccc1Nc1c(-c2n[nH]c(=S)o2)ccc(F)c1F.Cc1cc(I)ccc1Nc1c(C(=O)NN)ccc(F)c1F. The summed E-state index contributed by atoms with van der Waals surface area (Å²) in [5, 5.41) is 12.0. The van der Waals surface area contributed by atoms with Gasteiger partial charge in [-0.25, -0.2) is 28.5 Å². The molecule has 0 radical (unpaired) electrons. The zero-order valence-corrected chi connectivity index (χ0v) is 27.9. The molecule has 0 unspecified atom stereocenters. The Bertz CT molecular complexity index is 1920. The average Bonchev–Trinajstić information content (AvgIpc) is 3.42. The van der Waals surface area contributed by atoms with Gasteiger partial charge in [0.05, 0.1) is 22.5 Å². The monoisotopic (exact) mass is 848 g/mol. The van der Waals surface area contributed by atoms with Gasteiger partial charge >= 0.3 is 0 Å². The lowest BCUT2D eigenvalue weighted by Gasteiger charge is -2.14. The van der Waals surface area contributed by atoms with E-state index >= 15 is 0 Å². The van der Waals surface area contributed by atoms with Gasteiger partial charge in [0.1, 0.15) is 0 Å². The van der Waals surface area contributed by atoms with Gasteiger partial charge in [0.2, 0.25) is 5.89 Å². The standard InChI is InChI=1S/C15H10F2IN3OS.C14H12F2IN3O/c1-7-6-8(18)2-5-11(7)19-13-9(3-4-10(16)12(13)17)14-20-21-15(23)22-14;1-7-6-8(17)2-5-11(7)19-13-9(14(21)20-18)3-4-10(15)12(13)16/h2-6,19H,1H3,(H,21,23);2-6,19H,18H2,1H3,(H,20,21). The first-order valence-electron chi connectivity index (χ1n) is 12.5. The Labute approximate surface area is 281 Å². The first-order chi connectivity index (χ1) is 20.9. The van der Waals surface area contributed by atoms with Crippen LogP contribution in [-0.4, -0.2) is 16.1 Å². The third kappa shape index (κ3) is 7.74. The lowest BCUT2D eigenvalue weighted by atomic mass is 10.1. The molecule has 0 saturated carbocycles. The summed E-state index contributed by atoms with van der Waals surface area (Å²) in [6, 6.07) is 15.5. The summed E-state index contributed by atoms with van der Waals surface area (Å²) in [6.07, 6.45) is 0. The van der Waals surface area contributed by atoms with E-state index in [1.807, 2.05) is 43.5 Å². The van der Waals surface area contributed by atoms with Gasteiger partial charge in [0, 0.05) is 18.5 Å². The van der Waals surface area contributed by atoms with Crippen LogP contribution in [0.5, 0.6) is 0 Å². The van der Waals surface area contributed by atoms with Crippen molar-refractivity contribution in [2.75, 3.05) is 10.6 Å². The molecule has 0 aliphatic carbocycles. The molecule has 0 atom stereocenters. The number of rotatable bonds is 6. The van der Waals surface area contributed by atoms with E-state index in [1.54, 1.807) is 12.1 Å². The topological polar surface area (TPSA) is 121 Å². The van der Waals surface area contributed by atoms with Crippen molar-refractivity contribution >= 4 is 86.1 Å². The number of nitrogens with one attached hydrogen (secondary N) is 4. The van der Waals surface area contributed by atoms with Crippen LogP contribution in [0.4, 0.5) is 40.3 Å². The number of H-pyrrole nitrogens is 1. The van der Waals surface area contributed by atoms with Gasteiger partial charge in [-0.3, -0.25) is 10.2 Å². The van der Waals surface area contributed by atoms with Gasteiger partial charge in [-0.15, -0.1) is 5.10 Å². The third-order valence-electron chi connectivity index (χ3n) is 6.13. The number of aryl methyl sites for hydroxylation is 2. The fraction of sp³-hybridized carbons (Fsp3) is 0.0690. The van der Waals surface area contributed by atoms with Crippen molar-refractivity contribution in [3.8, 4) is 11.5 Å². The molecule has 15 heteroatoms. The molecule has 0 spiro atoms. The number of amides is 1. The second-order valence-electron chi connectivity index (χ2n) is 9.13. The maximum atomic E-state index is 14.3. The number of halogens is 6. The Kier molecular flexibility index (Phi) is 11.0. The van der Waals surface area contributed by atoms with Crippen LogP contribution in [0.15, 0.2) is 65.1 Å². The van der Waals surface area contributed by atoms with Gasteiger partial charge in [0.15, 0.2) is 23.3 Å². The number of carbonyl (C=O) groups excluding carboxylic acids is 1. The molecule has 0 aliphatic heterocycles. The fourth-order valence-electron chi connectivity index (χ4n) is 3.94. The van der Waals surface area contributed by atoms with E-state index in [1.165, 1.54) is 12.1 Å². The van der Waals surface area contributed by atoms with E-state index < -0.39 is 29.2 Å². The molecule has 8 nitrogen and oxygen atoms in total. The Hall–Kier alpha value is -3.55. The van der Waals surface area contributed by atoms with Crippen LogP contribution in [0.3, 0.4) is 0 Å². The summed E-state index contributed by atoms with van der Waals surface area (Å²) in [4.78, 5) is 11.7. The summed E-state index contributed by atoms with van der Waals surface area (Å²) in [5.41, 5.74) is 4.77. The van der Waals surface area contributed by atoms with E-state index in [2.05, 4.69) is 66.0 Å². The molecule has 0 fully saturated rings. The number of nitrogens with two attached hydrogens (primary N) is 1. The number of benzene rings is 4. The minimum atomic E-state index is -1.13. The van der Waals surface area contributed by atoms with Gasteiger partial charge in [0.25, 0.3) is 10.7 Å². The molecule has 0 saturated heterocycles. The fourth-order valence-corrected chi connectivity index (χ4v) is 5.36. The number of anilines is 4. The molecular weight excluding hydrogens is 826 g/mol. The maximum Gasteiger partial charge on any atom is 0.284 e. The highest BCUT2D eigenvalue weighted by atomic mass is 127. The summed E-state index contributed by atoms with van der Waals surface area (Å²) < 4.78 is 62.6. The Morgan fingerprint density at radius 1 is 0.841 bits per heavy atom. The minimum Gasteiger partial charge on any atom is -0.409 e. The molecule has 228 valence electrons. The van der Waals surface area contributed by atoms with Crippen LogP contribution in [0, 0.1) is 49.1 Å². The molecule has 5 rings (SSSR count). The molecule has 0 bridgehead atoms. The zero-order chi connectivity index (χ0) is 32.1. The quantitative estimate of drug-likeness (QED) is 0.0290. The number of hydrogen-bond donors (Lipinski definition) is 5. The van der Waals surface area contributed by atoms with Gasteiger partial charge < -0.3 is 15.1 Å². The molecular formula is C29H22F4I2N6O2S. The lowest BCUT2D eigenvalue weighted by molar-refractivity contribution is 0.0954. The van der Waals surface area contributed by atoms with Gasteiger partial charge in [-0.1, -0.05) is 0 Å². The molecule has 44 heavy (non-hydrogen) atoms. The Morgan fingerprint density at radius 2 is 1.36 bits per heavy atom. The molecule has 6 N–H and O–H groups in total. The first-order valence-corrected chi connectivity index (χ1v) is 15.0. The molecule has 1 aromatic heterocycles. The normalized spacial score (nSPS) is 10.6. The van der Waals surface area contributed by atoms with Crippen molar-refractivity contribution in [2.45, 2.75) is 13.8 Å². The number of carbonyl (C=O) groups is 1. The highest BCUT2D eigenvalue weighted by molar-refractivity contribution is 14.1.